The van der Waals surface area contributed by atoms with Crippen LogP contribution in [-0.2, 0) is 45.1 Å². The number of rotatable bonds is 16. The molecule has 658 valence electrons. The minimum Gasteiger partial charge on any atom is -0.657 e. The standard InChI is InChI=1S/C35H35N3O4.C34H34N4O4.C21H17N3.C21H15N3.Zn/c1-7-24-19(4)30-17-33-25(8-2)20(5)28(38-33)16-29-21(6)27(10-12-35(41)42)32(37-29)15-23-13-22(14-31(24)36-30)18(3)26(23)9-11-34(39)40;1-7-21-17(3)25-13-26-19(5)23(9-11-33(39)40)31(37-26)16-32-24(10-12-34(41)42)20(6)28(38-32)15-30-22(8-2)18(4)27(36-30)14-29(21)35-25;2*1-2-15-9-14(1)10-16-3-5-18(22-16)12-20-7-8-21(24-20)13-19-6-4-17(11-15)23-19;/h7-8,14-17,36H,1-2,9-13H2,3-6H3,(H,39,40)(H,41,42);7-8,13-16H,1-2,9-12H2,3-6H3,(H4,35,36,37,38,39,40,41,42);1-3,5,7-8,10-13,22H,4,6,9H2;1-8,10-13,22H,9H2;/q;;;;+2/p-2. The number of aromatic amines is 3. The van der Waals surface area contributed by atoms with E-state index < -0.39 is 23.9 Å². The fraction of sp³-hybridized carbons (Fsp3) is 0.189. The first-order valence-electron chi connectivity index (χ1n) is 44.2. The van der Waals surface area contributed by atoms with Gasteiger partial charge in [0.1, 0.15) is 0 Å². The van der Waals surface area contributed by atoms with Crippen LogP contribution in [0.3, 0.4) is 0 Å². The Morgan fingerprint density at radius 3 is 1.50 bits per heavy atom. The summed E-state index contributed by atoms with van der Waals surface area (Å²) in [4.78, 5) is 105. The van der Waals surface area contributed by atoms with Crippen molar-refractivity contribution in [3.63, 3.8) is 0 Å². The first kappa shape index (κ1) is 91.1. The topological polar surface area (TPSA) is 325 Å². The molecule has 7 N–H and O–H groups in total. The normalized spacial score (nSPS) is 17.3. The average molecular weight is 1810 g/mol. The maximum atomic E-state index is 11.5. The third kappa shape index (κ3) is 20.1. The molecule has 22 heteroatoms. The molecule has 17 heterocycles. The van der Waals surface area contributed by atoms with Gasteiger partial charge >= 0.3 is 43.4 Å². The van der Waals surface area contributed by atoms with Gasteiger partial charge in [-0.2, -0.15) is 0 Å². The molecule has 6 aromatic rings. The van der Waals surface area contributed by atoms with Crippen molar-refractivity contribution >= 4 is 151 Å². The number of aliphatic imine (C=N–C) groups is 6. The molecular weight excluding hydrogens is 1710 g/mol. The number of carboxylic acids is 4. The Labute approximate surface area is 784 Å². The van der Waals surface area contributed by atoms with Gasteiger partial charge in [-0.3, -0.25) is 24.2 Å². The maximum Gasteiger partial charge on any atom is 2.00 e. The summed E-state index contributed by atoms with van der Waals surface area (Å²) in [6.07, 6.45) is 59.2. The van der Waals surface area contributed by atoms with Crippen LogP contribution in [0.5, 0.6) is 0 Å². The van der Waals surface area contributed by atoms with Crippen LogP contribution in [0.4, 0.5) is 0 Å². The number of carbonyl (C=O) groups is 4. The Balaban J connectivity index is 0.000000133. The molecule has 32 bridgehead atoms. The molecule has 6 aromatic heterocycles. The van der Waals surface area contributed by atoms with Gasteiger partial charge in [0.25, 0.3) is 0 Å². The summed E-state index contributed by atoms with van der Waals surface area (Å²) in [7, 11) is 0. The van der Waals surface area contributed by atoms with Crippen molar-refractivity contribution < 1.29 is 59.1 Å². The van der Waals surface area contributed by atoms with Crippen molar-refractivity contribution in [2.24, 2.45) is 30.0 Å². The summed E-state index contributed by atoms with van der Waals surface area (Å²) in [5.74, 6) is -3.52. The average Bonchev–Trinajstić information content (AvgIpc) is 1.62. The van der Waals surface area contributed by atoms with Crippen molar-refractivity contribution in [1.82, 2.24) is 34.9 Å². The quantitative estimate of drug-likeness (QED) is 0.0445. The van der Waals surface area contributed by atoms with Crippen LogP contribution >= 0.6 is 0 Å². The zero-order valence-electron chi connectivity index (χ0n) is 75.8. The fourth-order valence-electron chi connectivity index (χ4n) is 18.3. The number of aromatic nitrogens is 7. The van der Waals surface area contributed by atoms with Gasteiger partial charge in [-0.15, -0.1) is 22.1 Å². The smallest absolute Gasteiger partial charge is 0.657 e. The molecule has 0 unspecified atom stereocenters. The van der Waals surface area contributed by atoms with Crippen molar-refractivity contribution in [1.29, 1.82) is 0 Å². The predicted molar refractivity (Wildman–Crippen MR) is 536 cm³/mol. The number of aryl methyl sites for hydroxylation is 3. The molecule has 0 radical (unpaired) electrons. The van der Waals surface area contributed by atoms with E-state index in [1.807, 2.05) is 127 Å². The van der Waals surface area contributed by atoms with Crippen LogP contribution < -0.4 is 9.97 Å². The molecule has 133 heavy (non-hydrogen) atoms. The van der Waals surface area contributed by atoms with Gasteiger partial charge in [0.05, 0.1) is 79.8 Å². The molecule has 0 saturated carbocycles. The van der Waals surface area contributed by atoms with E-state index in [4.69, 9.17) is 34.9 Å². The van der Waals surface area contributed by atoms with Crippen LogP contribution in [0.15, 0.2) is 315 Å². The van der Waals surface area contributed by atoms with E-state index in [0.29, 0.717) is 65.9 Å². The molecule has 0 aromatic carbocycles. The molecule has 20 rings (SSSR count). The number of hydrogen-bond donors (Lipinski definition) is 7. The summed E-state index contributed by atoms with van der Waals surface area (Å²) in [6, 6.07) is 16.0. The Morgan fingerprint density at radius 1 is 0.376 bits per heavy atom. The molecule has 0 fully saturated rings. The second kappa shape index (κ2) is 38.8. The number of nitrogens with one attached hydrogen (secondary N) is 3. The van der Waals surface area contributed by atoms with Crippen LogP contribution in [-0.4, -0.2) is 103 Å². The van der Waals surface area contributed by atoms with Crippen molar-refractivity contribution in [2.45, 2.75) is 139 Å². The molecule has 14 aliphatic rings. The number of carboxylic acid groups (broad SMARTS) is 4. The third-order valence-corrected chi connectivity index (χ3v) is 25.5. The summed E-state index contributed by atoms with van der Waals surface area (Å²) in [6.45, 7) is 32.1. The largest absolute Gasteiger partial charge is 2.00 e. The fourth-order valence-corrected chi connectivity index (χ4v) is 18.3. The van der Waals surface area contributed by atoms with Gasteiger partial charge in [-0.05, 0) is 336 Å². The van der Waals surface area contributed by atoms with Gasteiger partial charge in [0, 0.05) is 88.0 Å². The molecule has 0 amide bonds. The molecule has 3 aliphatic carbocycles. The summed E-state index contributed by atoms with van der Waals surface area (Å²) >= 11 is 0. The second-order valence-electron chi connectivity index (χ2n) is 34.3. The molecule has 0 spiro atoms. The van der Waals surface area contributed by atoms with Crippen LogP contribution in [0.1, 0.15) is 202 Å². The number of aliphatic carboxylic acids is 4. The first-order valence-corrected chi connectivity index (χ1v) is 44.2. The van der Waals surface area contributed by atoms with Gasteiger partial charge in [0.15, 0.2) is 0 Å². The van der Waals surface area contributed by atoms with E-state index in [1.165, 1.54) is 28.0 Å². The number of hydrogen-bond acceptors (Lipinski definition) is 12. The van der Waals surface area contributed by atoms with Gasteiger partial charge in [0.2, 0.25) is 0 Å². The Morgan fingerprint density at radius 2 is 0.887 bits per heavy atom. The molecule has 21 nitrogen and oxygen atoms in total. The van der Waals surface area contributed by atoms with Crippen molar-refractivity contribution in [3.05, 3.63) is 376 Å². The van der Waals surface area contributed by atoms with E-state index in [1.54, 1.807) is 12.2 Å². The van der Waals surface area contributed by atoms with Crippen molar-refractivity contribution in [2.75, 3.05) is 0 Å². The van der Waals surface area contributed by atoms with Crippen LogP contribution in [0.2, 0.25) is 0 Å². The zero-order valence-corrected chi connectivity index (χ0v) is 78.7. The van der Waals surface area contributed by atoms with E-state index in [2.05, 4.69) is 179 Å². The number of fused-ring (bicyclic) bond motifs is 26. The van der Waals surface area contributed by atoms with Gasteiger partial charge in [-0.25, -0.2) is 34.9 Å². The van der Waals surface area contributed by atoms with Gasteiger partial charge < -0.3 is 45.3 Å². The Kier molecular flexibility index (Phi) is 26.6. The minimum absolute atomic E-state index is 0. The van der Waals surface area contributed by atoms with Crippen LogP contribution in [0.25, 0.3) is 93.0 Å². The Hall–Kier alpha value is -15.3. The maximum absolute atomic E-state index is 11.5. The first-order chi connectivity index (χ1) is 63.6. The molecular formula is C111H99N13O8Zn. The molecule has 0 saturated heterocycles. The number of H-pyrrole nitrogens is 3. The SMILES string of the molecule is C1=CC2=Cc3ccc([nH]3)C=C3C=CC(=N3)C=C3C=CC(=N3)C=C1C2.C1=CC2=Cc3ccc([nH]3)C=C3C=CC(=N3)C=C3CCC(=N3)C=C1C2.C=CC1=C(C)C2=NC1=Cc1[nH]c(c(C=C)c1C)C=C1CC(=CC3=NC(=C2)C(C)=C3CCC(=O)O)C(CCC(=O)O)=C1C.C=CC1=C(C)c2cc3[n-]c(cc4nc(cc5[n-]c(cc1n2)c(C)c5CCC(=O)O)C(CCC(=O)O)=C4C)c(C)c3C=C.[Zn+2]. The predicted octanol–water partition coefficient (Wildman–Crippen LogP) is 23.8. The molecule has 0 atom stereocenters. The molecule has 11 aliphatic heterocycles. The summed E-state index contributed by atoms with van der Waals surface area (Å²) in [5.41, 5.74) is 45.1. The van der Waals surface area contributed by atoms with E-state index in [0.717, 1.165) is 234 Å². The third-order valence-electron chi connectivity index (χ3n) is 25.5. The monoisotopic (exact) mass is 1810 g/mol. The minimum atomic E-state index is -0.898. The van der Waals surface area contributed by atoms with Crippen molar-refractivity contribution in [3.8, 4) is 0 Å². The number of nitrogens with zero attached hydrogens (tertiary/aromatic N) is 10. The summed E-state index contributed by atoms with van der Waals surface area (Å²) in [5, 5.41) is 37.8. The van der Waals surface area contributed by atoms with E-state index in [-0.39, 0.29) is 45.2 Å². The summed E-state index contributed by atoms with van der Waals surface area (Å²) < 4.78 is 0. The zero-order chi connectivity index (χ0) is 92.4. The second-order valence-corrected chi connectivity index (χ2v) is 34.3. The van der Waals surface area contributed by atoms with Crippen LogP contribution in [0, 0.1) is 20.8 Å². The van der Waals surface area contributed by atoms with Gasteiger partial charge in [-0.1, -0.05) is 116 Å². The van der Waals surface area contributed by atoms with E-state index in [9.17, 15) is 39.6 Å². The number of allylic oxidation sites excluding steroid dienone is 34. The van der Waals surface area contributed by atoms with E-state index >= 15 is 0 Å². The Bertz CT molecular complexity index is 7360.